The molecule has 0 bridgehead atoms. The van der Waals surface area contributed by atoms with E-state index in [9.17, 15) is 9.59 Å². The van der Waals surface area contributed by atoms with Crippen LogP contribution >= 0.6 is 0 Å². The molecule has 0 radical (unpaired) electrons. The number of aryl methyl sites for hydroxylation is 1. The van der Waals surface area contributed by atoms with Gasteiger partial charge in [0.25, 0.3) is 0 Å². The second kappa shape index (κ2) is 10.6. The zero-order valence-corrected chi connectivity index (χ0v) is 21.5. The van der Waals surface area contributed by atoms with Gasteiger partial charge in [-0.1, -0.05) is 45.0 Å². The lowest BCUT2D eigenvalue weighted by Gasteiger charge is -2.26. The number of ether oxygens (including phenoxy) is 1. The molecule has 8 heteroatoms. The highest BCUT2D eigenvalue weighted by atomic mass is 16.5. The fourth-order valence-corrected chi connectivity index (χ4v) is 3.54. The van der Waals surface area contributed by atoms with Crippen LogP contribution in [0.15, 0.2) is 54.6 Å². The van der Waals surface area contributed by atoms with Gasteiger partial charge in [-0.05, 0) is 44.5 Å². The Morgan fingerprint density at radius 1 is 1.06 bits per heavy atom. The number of anilines is 2. The summed E-state index contributed by atoms with van der Waals surface area (Å²) in [5, 5.41) is 10.6. The number of nitrogens with zero attached hydrogens (tertiary/aromatic N) is 3. The molecule has 0 atom stereocenters. The van der Waals surface area contributed by atoms with Crippen LogP contribution in [0.4, 0.5) is 16.3 Å². The van der Waals surface area contributed by atoms with Crippen LogP contribution in [0.3, 0.4) is 0 Å². The van der Waals surface area contributed by atoms with Crippen molar-refractivity contribution in [3.8, 4) is 11.4 Å². The number of carbonyl (C=O) groups excluding carboxylic acids is 2. The number of hydrogen-bond donors (Lipinski definition) is 2. The van der Waals surface area contributed by atoms with Crippen LogP contribution in [-0.4, -0.2) is 46.3 Å². The highest BCUT2D eigenvalue weighted by molar-refractivity contribution is 5.97. The Morgan fingerprint density at radius 2 is 1.77 bits per heavy atom. The van der Waals surface area contributed by atoms with E-state index < -0.39 is 0 Å². The topological polar surface area (TPSA) is 88.5 Å². The summed E-state index contributed by atoms with van der Waals surface area (Å²) in [5.74, 6) is 0.886. The Bertz CT molecular complexity index is 1190. The van der Waals surface area contributed by atoms with Gasteiger partial charge in [-0.25, -0.2) is 9.48 Å². The number of nitrogens with one attached hydrogen (secondary N) is 2. The Balaban J connectivity index is 1.82. The van der Waals surface area contributed by atoms with E-state index >= 15 is 0 Å². The molecule has 35 heavy (non-hydrogen) atoms. The van der Waals surface area contributed by atoms with Gasteiger partial charge in [0.05, 0.1) is 18.5 Å². The Morgan fingerprint density at radius 3 is 2.40 bits per heavy atom. The van der Waals surface area contributed by atoms with E-state index in [2.05, 4.69) is 31.4 Å². The third-order valence-electron chi connectivity index (χ3n) is 5.61. The maximum atomic E-state index is 13.1. The molecule has 2 aromatic carbocycles. The van der Waals surface area contributed by atoms with E-state index in [1.54, 1.807) is 36.1 Å². The molecule has 3 amide bonds. The maximum Gasteiger partial charge on any atom is 0.322 e. The molecule has 3 rings (SSSR count). The number of urea groups is 1. The average Bonchev–Trinajstić information content (AvgIpc) is 3.21. The number of benzene rings is 2. The van der Waals surface area contributed by atoms with Crippen molar-refractivity contribution in [2.75, 3.05) is 24.3 Å². The largest absolute Gasteiger partial charge is 0.497 e. The van der Waals surface area contributed by atoms with Gasteiger partial charge in [-0.15, -0.1) is 0 Å². The number of amides is 3. The third-order valence-corrected chi connectivity index (χ3v) is 5.61. The minimum absolute atomic E-state index is 0.114. The first-order valence-electron chi connectivity index (χ1n) is 11.7. The Kier molecular flexibility index (Phi) is 7.84. The number of para-hydroxylation sites is 1. The van der Waals surface area contributed by atoms with Crippen LogP contribution in [0.5, 0.6) is 5.75 Å². The second-order valence-electron chi connectivity index (χ2n) is 9.80. The molecule has 8 nitrogen and oxygen atoms in total. The van der Waals surface area contributed by atoms with E-state index in [4.69, 9.17) is 9.84 Å². The minimum atomic E-state index is -0.369. The van der Waals surface area contributed by atoms with E-state index in [-0.39, 0.29) is 29.9 Å². The molecule has 0 saturated heterocycles. The summed E-state index contributed by atoms with van der Waals surface area (Å²) in [5.41, 5.74) is 3.16. The quantitative estimate of drug-likeness (QED) is 0.479. The van der Waals surface area contributed by atoms with Gasteiger partial charge in [0.2, 0.25) is 5.91 Å². The number of methoxy groups -OCH3 is 1. The lowest BCUT2D eigenvalue weighted by molar-refractivity contribution is -0.117. The molecule has 2 N–H and O–H groups in total. The normalized spacial score (nSPS) is 11.3. The van der Waals surface area contributed by atoms with Crippen molar-refractivity contribution >= 4 is 23.4 Å². The standard InChI is InChI=1S/C27H35N5O3/c1-18(2)31(26(34)28-20-12-10-13-21(15-20)35-7)17-25(33)29-24-16-23(27(4,5)6)30-32(24)22-14-9-8-11-19(22)3/h8-16,18H,17H2,1-7H3,(H,28,34)(H,29,33). The van der Waals surface area contributed by atoms with E-state index in [0.29, 0.717) is 17.3 Å². The molecule has 0 aliphatic heterocycles. The predicted molar refractivity (Wildman–Crippen MR) is 139 cm³/mol. The molecular weight excluding hydrogens is 442 g/mol. The van der Waals surface area contributed by atoms with Crippen LogP contribution < -0.4 is 15.4 Å². The lowest BCUT2D eigenvalue weighted by Crippen LogP contribution is -2.44. The Hall–Kier alpha value is -3.81. The number of hydrogen-bond acceptors (Lipinski definition) is 4. The summed E-state index contributed by atoms with van der Waals surface area (Å²) in [7, 11) is 1.57. The summed E-state index contributed by atoms with van der Waals surface area (Å²) >= 11 is 0. The molecule has 0 unspecified atom stereocenters. The van der Waals surface area contributed by atoms with Crippen LogP contribution in [0, 0.1) is 6.92 Å². The highest BCUT2D eigenvalue weighted by Gasteiger charge is 2.24. The van der Waals surface area contributed by atoms with E-state index in [1.165, 1.54) is 4.90 Å². The van der Waals surface area contributed by atoms with E-state index in [1.807, 2.05) is 51.1 Å². The van der Waals surface area contributed by atoms with Gasteiger partial charge >= 0.3 is 6.03 Å². The maximum absolute atomic E-state index is 13.1. The van der Waals surface area contributed by atoms with Gasteiger partial charge in [0.15, 0.2) is 0 Å². The SMILES string of the molecule is COc1cccc(NC(=O)N(CC(=O)Nc2cc(C(C)(C)C)nn2-c2ccccc2C)C(C)C)c1. The third kappa shape index (κ3) is 6.41. The van der Waals surface area contributed by atoms with Gasteiger partial charge in [0, 0.05) is 29.3 Å². The summed E-state index contributed by atoms with van der Waals surface area (Å²) < 4.78 is 6.97. The first kappa shape index (κ1) is 25.8. The van der Waals surface area contributed by atoms with Crippen molar-refractivity contribution in [3.05, 3.63) is 65.9 Å². The van der Waals surface area contributed by atoms with Crippen molar-refractivity contribution in [1.82, 2.24) is 14.7 Å². The minimum Gasteiger partial charge on any atom is -0.497 e. The van der Waals surface area contributed by atoms with Crippen LogP contribution in [0.2, 0.25) is 0 Å². The summed E-state index contributed by atoms with van der Waals surface area (Å²) in [6.45, 7) is 11.9. The smallest absolute Gasteiger partial charge is 0.322 e. The van der Waals surface area contributed by atoms with Gasteiger partial charge in [0.1, 0.15) is 18.1 Å². The molecule has 0 aliphatic carbocycles. The van der Waals surface area contributed by atoms with Crippen molar-refractivity contribution in [2.45, 2.75) is 53.0 Å². The summed E-state index contributed by atoms with van der Waals surface area (Å²) in [6.07, 6.45) is 0. The highest BCUT2D eigenvalue weighted by Crippen LogP contribution is 2.27. The molecule has 0 saturated carbocycles. The number of aromatic nitrogens is 2. The molecule has 1 heterocycles. The van der Waals surface area contributed by atoms with Crippen molar-refractivity contribution < 1.29 is 14.3 Å². The number of rotatable bonds is 7. The molecule has 1 aromatic heterocycles. The predicted octanol–water partition coefficient (Wildman–Crippen LogP) is 5.37. The van der Waals surface area contributed by atoms with Gasteiger partial charge < -0.3 is 20.3 Å². The first-order valence-corrected chi connectivity index (χ1v) is 11.7. The van der Waals surface area contributed by atoms with Crippen LogP contribution in [0.25, 0.3) is 5.69 Å². The van der Waals surface area contributed by atoms with Crippen molar-refractivity contribution in [1.29, 1.82) is 0 Å². The molecule has 186 valence electrons. The molecular formula is C27H35N5O3. The fourth-order valence-electron chi connectivity index (χ4n) is 3.54. The Labute approximate surface area is 207 Å². The summed E-state index contributed by atoms with van der Waals surface area (Å²) in [4.78, 5) is 27.6. The summed E-state index contributed by atoms with van der Waals surface area (Å²) in [6, 6.07) is 16.3. The van der Waals surface area contributed by atoms with Gasteiger partial charge in [-0.2, -0.15) is 5.10 Å². The van der Waals surface area contributed by atoms with E-state index in [0.717, 1.165) is 16.9 Å². The number of carbonyl (C=O) groups is 2. The lowest BCUT2D eigenvalue weighted by atomic mass is 9.92. The molecule has 0 fully saturated rings. The molecule has 3 aromatic rings. The zero-order valence-electron chi connectivity index (χ0n) is 21.5. The second-order valence-corrected chi connectivity index (χ2v) is 9.80. The monoisotopic (exact) mass is 477 g/mol. The average molecular weight is 478 g/mol. The molecule has 0 aliphatic rings. The van der Waals surface area contributed by atoms with Crippen molar-refractivity contribution in [2.24, 2.45) is 0 Å². The van der Waals surface area contributed by atoms with Crippen molar-refractivity contribution in [3.63, 3.8) is 0 Å². The fraction of sp³-hybridized carbons (Fsp3) is 0.370. The van der Waals surface area contributed by atoms with Crippen LogP contribution in [0.1, 0.15) is 45.9 Å². The van der Waals surface area contributed by atoms with Crippen LogP contribution in [-0.2, 0) is 10.2 Å². The molecule has 0 spiro atoms. The zero-order chi connectivity index (χ0) is 25.8. The first-order chi connectivity index (χ1) is 16.5. The van der Waals surface area contributed by atoms with Gasteiger partial charge in [-0.3, -0.25) is 4.79 Å².